The van der Waals surface area contributed by atoms with E-state index < -0.39 is 4.92 Å². The molecule has 2 aromatic carbocycles. The normalized spacial score (nSPS) is 14.2. The number of nitro groups is 1. The smallest absolute Gasteiger partial charge is 0.269 e. The molecule has 2 aromatic rings. The lowest BCUT2D eigenvalue weighted by atomic mass is 10.1. The monoisotopic (exact) mass is 332 g/mol. The maximum absolute atomic E-state index is 12.2. The minimum Gasteiger partial charge on any atom is -0.487 e. The highest BCUT2D eigenvalue weighted by Crippen LogP contribution is 2.22. The molecule has 0 saturated carbocycles. The van der Waals surface area contributed by atoms with E-state index in [0.717, 1.165) is 0 Å². The van der Waals surface area contributed by atoms with Crippen molar-refractivity contribution in [2.75, 3.05) is 13.1 Å². The van der Waals surface area contributed by atoms with E-state index in [9.17, 15) is 14.9 Å². The Morgan fingerprint density at radius 3 is 2.30 bits per heavy atom. The average Bonchev–Trinajstić information content (AvgIpc) is 2.52. The van der Waals surface area contributed by atoms with Gasteiger partial charge < -0.3 is 9.64 Å². The molecule has 0 aliphatic carbocycles. The van der Waals surface area contributed by atoms with E-state index in [1.54, 1.807) is 29.2 Å². The molecule has 0 unspecified atom stereocenters. The molecule has 6 nitrogen and oxygen atoms in total. The van der Waals surface area contributed by atoms with Crippen LogP contribution in [0, 0.1) is 10.1 Å². The van der Waals surface area contributed by atoms with Crippen molar-refractivity contribution >= 4 is 23.2 Å². The second-order valence-corrected chi connectivity index (χ2v) is 5.64. The molecule has 1 aliphatic rings. The van der Waals surface area contributed by atoms with Crippen molar-refractivity contribution in [3.8, 4) is 5.75 Å². The summed E-state index contributed by atoms with van der Waals surface area (Å²) in [6.07, 6.45) is -0.0572. The van der Waals surface area contributed by atoms with Gasteiger partial charge in [-0.05, 0) is 36.4 Å². The number of hydrogen-bond donors (Lipinski definition) is 0. The lowest BCUT2D eigenvalue weighted by Gasteiger charge is -2.39. The van der Waals surface area contributed by atoms with Crippen LogP contribution in [0.5, 0.6) is 5.75 Å². The number of nitro benzene ring substituents is 1. The van der Waals surface area contributed by atoms with Crippen LogP contribution < -0.4 is 4.74 Å². The zero-order chi connectivity index (χ0) is 16.4. The lowest BCUT2D eigenvalue weighted by Crippen LogP contribution is -2.56. The van der Waals surface area contributed by atoms with Gasteiger partial charge in [-0.15, -0.1) is 0 Å². The number of carbonyl (C=O) groups is 1. The summed E-state index contributed by atoms with van der Waals surface area (Å²) >= 11 is 5.81. The molecule has 7 heteroatoms. The van der Waals surface area contributed by atoms with Crippen molar-refractivity contribution in [2.45, 2.75) is 6.10 Å². The molecule has 1 saturated heterocycles. The molecule has 118 valence electrons. The summed E-state index contributed by atoms with van der Waals surface area (Å²) < 4.78 is 5.73. The summed E-state index contributed by atoms with van der Waals surface area (Å²) in [5, 5.41) is 11.2. The third-order valence-corrected chi connectivity index (χ3v) is 3.83. The Hall–Kier alpha value is -2.60. The van der Waals surface area contributed by atoms with Crippen molar-refractivity contribution in [1.82, 2.24) is 4.90 Å². The number of benzene rings is 2. The minimum atomic E-state index is -0.492. The number of halogens is 1. The molecule has 1 aliphatic heterocycles. The van der Waals surface area contributed by atoms with Crippen LogP contribution in [0.25, 0.3) is 0 Å². The fourth-order valence-corrected chi connectivity index (χ4v) is 2.42. The number of non-ortho nitro benzene ring substituents is 1. The van der Waals surface area contributed by atoms with Gasteiger partial charge >= 0.3 is 0 Å². The largest absolute Gasteiger partial charge is 0.487 e. The fraction of sp³-hybridized carbons (Fsp3) is 0.188. The van der Waals surface area contributed by atoms with Gasteiger partial charge in [-0.3, -0.25) is 14.9 Å². The molecular weight excluding hydrogens is 320 g/mol. The number of nitrogens with zero attached hydrogens (tertiary/aromatic N) is 2. The molecule has 23 heavy (non-hydrogen) atoms. The van der Waals surface area contributed by atoms with Gasteiger partial charge in [0, 0.05) is 22.7 Å². The second kappa shape index (κ2) is 6.26. The van der Waals surface area contributed by atoms with Crippen LogP contribution in [-0.2, 0) is 0 Å². The highest BCUT2D eigenvalue weighted by molar-refractivity contribution is 6.30. The van der Waals surface area contributed by atoms with E-state index in [-0.39, 0.29) is 17.7 Å². The van der Waals surface area contributed by atoms with Crippen LogP contribution >= 0.6 is 11.6 Å². The maximum atomic E-state index is 12.2. The minimum absolute atomic E-state index is 0.0332. The van der Waals surface area contributed by atoms with Crippen LogP contribution in [-0.4, -0.2) is 34.9 Å². The van der Waals surface area contributed by atoms with Crippen LogP contribution in [0.1, 0.15) is 10.4 Å². The predicted molar refractivity (Wildman–Crippen MR) is 84.9 cm³/mol. The van der Waals surface area contributed by atoms with Crippen LogP contribution in [0.4, 0.5) is 5.69 Å². The highest BCUT2D eigenvalue weighted by atomic mass is 35.5. The van der Waals surface area contributed by atoms with Gasteiger partial charge in [-0.1, -0.05) is 11.6 Å². The Labute approximate surface area is 137 Å². The third-order valence-electron chi connectivity index (χ3n) is 3.58. The Balaban J connectivity index is 1.55. The Morgan fingerprint density at radius 1 is 1.13 bits per heavy atom. The maximum Gasteiger partial charge on any atom is 0.269 e. The van der Waals surface area contributed by atoms with E-state index in [0.29, 0.717) is 29.4 Å². The summed E-state index contributed by atoms with van der Waals surface area (Å²) in [7, 11) is 0. The first-order valence-corrected chi connectivity index (χ1v) is 7.36. The summed E-state index contributed by atoms with van der Waals surface area (Å²) in [6, 6.07) is 12.6. The first kappa shape index (κ1) is 15.3. The molecule has 1 amide bonds. The topological polar surface area (TPSA) is 72.7 Å². The van der Waals surface area contributed by atoms with Gasteiger partial charge in [0.05, 0.1) is 18.0 Å². The average molecular weight is 333 g/mol. The Morgan fingerprint density at radius 2 is 1.74 bits per heavy atom. The zero-order valence-electron chi connectivity index (χ0n) is 12.0. The summed E-state index contributed by atoms with van der Waals surface area (Å²) in [5.74, 6) is 0.553. The molecule has 3 rings (SSSR count). The standard InChI is InChI=1S/C16H13ClN2O4/c17-12-3-7-14(8-4-12)23-15-9-18(10-15)16(20)11-1-5-13(6-2-11)19(21)22/h1-8,15H,9-10H2. The first-order chi connectivity index (χ1) is 11.0. The second-order valence-electron chi connectivity index (χ2n) is 5.21. The highest BCUT2D eigenvalue weighted by Gasteiger charge is 2.32. The fourth-order valence-electron chi connectivity index (χ4n) is 2.29. The SMILES string of the molecule is O=C(c1ccc([N+](=O)[O-])cc1)N1CC(Oc2ccc(Cl)cc2)C1. The number of ether oxygens (including phenoxy) is 1. The van der Waals surface area contributed by atoms with Crippen molar-refractivity contribution in [1.29, 1.82) is 0 Å². The summed E-state index contributed by atoms with van der Waals surface area (Å²) in [6.45, 7) is 0.969. The Kier molecular flexibility index (Phi) is 4.16. The van der Waals surface area contributed by atoms with Gasteiger partial charge in [-0.25, -0.2) is 0 Å². The van der Waals surface area contributed by atoms with Gasteiger partial charge in [0.15, 0.2) is 0 Å². The number of likely N-dealkylation sites (tertiary alicyclic amines) is 1. The molecular formula is C16H13ClN2O4. The molecule has 0 aromatic heterocycles. The van der Waals surface area contributed by atoms with Crippen molar-refractivity contribution in [3.05, 3.63) is 69.2 Å². The van der Waals surface area contributed by atoms with Crippen LogP contribution in [0.2, 0.25) is 5.02 Å². The summed E-state index contributed by atoms with van der Waals surface area (Å²) in [4.78, 5) is 24.0. The molecule has 0 N–H and O–H groups in total. The van der Waals surface area contributed by atoms with Gasteiger partial charge in [0.2, 0.25) is 0 Å². The van der Waals surface area contributed by atoms with Crippen LogP contribution in [0.15, 0.2) is 48.5 Å². The molecule has 0 spiro atoms. The van der Waals surface area contributed by atoms with Gasteiger partial charge in [0.25, 0.3) is 11.6 Å². The van der Waals surface area contributed by atoms with Gasteiger partial charge in [0.1, 0.15) is 11.9 Å². The summed E-state index contributed by atoms with van der Waals surface area (Å²) in [5.41, 5.74) is 0.398. The first-order valence-electron chi connectivity index (χ1n) is 6.99. The number of amides is 1. The van der Waals surface area contributed by atoms with Crippen molar-refractivity contribution < 1.29 is 14.5 Å². The zero-order valence-corrected chi connectivity index (χ0v) is 12.8. The molecule has 1 heterocycles. The number of carbonyl (C=O) groups excluding carboxylic acids is 1. The molecule has 0 atom stereocenters. The quantitative estimate of drug-likeness (QED) is 0.637. The van der Waals surface area contributed by atoms with E-state index >= 15 is 0 Å². The van der Waals surface area contributed by atoms with E-state index in [2.05, 4.69) is 0 Å². The molecule has 0 radical (unpaired) electrons. The Bertz CT molecular complexity index is 725. The van der Waals surface area contributed by atoms with E-state index in [1.807, 2.05) is 0 Å². The molecule has 1 fully saturated rings. The van der Waals surface area contributed by atoms with Crippen molar-refractivity contribution in [3.63, 3.8) is 0 Å². The molecule has 0 bridgehead atoms. The van der Waals surface area contributed by atoms with Crippen LogP contribution in [0.3, 0.4) is 0 Å². The number of hydrogen-bond acceptors (Lipinski definition) is 4. The predicted octanol–water partition coefficient (Wildman–Crippen LogP) is 3.15. The van der Waals surface area contributed by atoms with E-state index in [1.165, 1.54) is 24.3 Å². The van der Waals surface area contributed by atoms with Gasteiger partial charge in [-0.2, -0.15) is 0 Å². The third kappa shape index (κ3) is 3.43. The van der Waals surface area contributed by atoms with E-state index in [4.69, 9.17) is 16.3 Å². The lowest BCUT2D eigenvalue weighted by molar-refractivity contribution is -0.384. The number of rotatable bonds is 4. The van der Waals surface area contributed by atoms with Crippen molar-refractivity contribution in [2.24, 2.45) is 0 Å².